The maximum Gasteiger partial charge on any atom is 0.153 e. The molecule has 0 N–H and O–H groups in total. The molecule has 0 aliphatic carbocycles. The molecule has 0 radical (unpaired) electrons. The summed E-state index contributed by atoms with van der Waals surface area (Å²) < 4.78 is 6.51. The van der Waals surface area contributed by atoms with Gasteiger partial charge in [-0.05, 0) is 48.7 Å². The largest absolute Gasteiger partial charge is 0.493 e. The van der Waals surface area contributed by atoms with Crippen molar-refractivity contribution in [2.45, 2.75) is 12.8 Å². The molecule has 98 valence electrons. The zero-order valence-electron chi connectivity index (χ0n) is 10.4. The highest BCUT2D eigenvalue weighted by Gasteiger charge is 2.03. The molecule has 0 amide bonds. The number of ether oxygens (including phenoxy) is 1. The fourth-order valence-corrected chi connectivity index (χ4v) is 2.13. The summed E-state index contributed by atoms with van der Waals surface area (Å²) in [5.41, 5.74) is 1.81. The van der Waals surface area contributed by atoms with Crippen molar-refractivity contribution >= 4 is 22.2 Å². The quantitative estimate of drug-likeness (QED) is 0.602. The van der Waals surface area contributed by atoms with Crippen molar-refractivity contribution in [1.82, 2.24) is 4.98 Å². The maximum atomic E-state index is 10.9. The summed E-state index contributed by atoms with van der Waals surface area (Å²) in [5.74, 6) is 0.632. The van der Waals surface area contributed by atoms with Crippen molar-refractivity contribution in [3.05, 3.63) is 58.3 Å². The van der Waals surface area contributed by atoms with Crippen molar-refractivity contribution in [2.75, 3.05) is 6.61 Å². The average Bonchev–Trinajstić information content (AvgIpc) is 2.46. The van der Waals surface area contributed by atoms with Gasteiger partial charge in [-0.1, -0.05) is 15.9 Å². The number of benzene rings is 1. The van der Waals surface area contributed by atoms with Crippen LogP contribution in [0.25, 0.3) is 0 Å². The predicted molar refractivity (Wildman–Crippen MR) is 77.6 cm³/mol. The Labute approximate surface area is 120 Å². The minimum Gasteiger partial charge on any atom is -0.493 e. The third kappa shape index (κ3) is 4.17. The third-order valence-corrected chi connectivity index (χ3v) is 3.21. The van der Waals surface area contributed by atoms with Crippen LogP contribution < -0.4 is 4.74 Å². The summed E-state index contributed by atoms with van der Waals surface area (Å²) in [4.78, 5) is 14.9. The van der Waals surface area contributed by atoms with Crippen LogP contribution in [-0.2, 0) is 6.42 Å². The molecule has 19 heavy (non-hydrogen) atoms. The van der Waals surface area contributed by atoms with Gasteiger partial charge in [-0.25, -0.2) is 0 Å². The Morgan fingerprint density at radius 1 is 1.21 bits per heavy atom. The number of aromatic nitrogens is 1. The lowest BCUT2D eigenvalue weighted by atomic mass is 10.1. The summed E-state index contributed by atoms with van der Waals surface area (Å²) in [7, 11) is 0. The molecule has 0 atom stereocenters. The molecule has 0 saturated heterocycles. The molecule has 2 rings (SSSR count). The number of aldehydes is 1. The van der Waals surface area contributed by atoms with Crippen LogP contribution in [0.15, 0.2) is 47.2 Å². The molecule has 2 aromatic rings. The van der Waals surface area contributed by atoms with Crippen molar-refractivity contribution in [3.63, 3.8) is 0 Å². The topological polar surface area (TPSA) is 39.2 Å². The van der Waals surface area contributed by atoms with Crippen LogP contribution in [0, 0.1) is 0 Å². The van der Waals surface area contributed by atoms with E-state index < -0.39 is 0 Å². The lowest BCUT2D eigenvalue weighted by molar-refractivity contribution is 0.111. The first-order valence-electron chi connectivity index (χ1n) is 6.06. The standard InChI is InChI=1S/C15H14BrNO2/c16-14-3-4-15(13(10-14)11-18)19-9-1-2-12-5-7-17-8-6-12/h3-8,10-11H,1-2,9H2. The number of rotatable bonds is 6. The number of hydrogen-bond donors (Lipinski definition) is 0. The highest BCUT2D eigenvalue weighted by Crippen LogP contribution is 2.21. The second-order valence-electron chi connectivity index (χ2n) is 4.11. The molecule has 0 fully saturated rings. The maximum absolute atomic E-state index is 10.9. The number of hydrogen-bond acceptors (Lipinski definition) is 3. The number of carbonyl (C=O) groups excluding carboxylic acids is 1. The van der Waals surface area contributed by atoms with E-state index in [9.17, 15) is 4.79 Å². The predicted octanol–water partition coefficient (Wildman–Crippen LogP) is 3.67. The van der Waals surface area contributed by atoms with Crippen molar-refractivity contribution in [3.8, 4) is 5.75 Å². The second-order valence-corrected chi connectivity index (χ2v) is 5.02. The molecule has 1 aromatic carbocycles. The zero-order valence-corrected chi connectivity index (χ0v) is 12.0. The summed E-state index contributed by atoms with van der Waals surface area (Å²) in [5, 5.41) is 0. The normalized spacial score (nSPS) is 10.2. The Morgan fingerprint density at radius 3 is 2.74 bits per heavy atom. The number of aryl methyl sites for hydroxylation is 1. The van der Waals surface area contributed by atoms with Gasteiger partial charge in [-0.3, -0.25) is 9.78 Å². The Bertz CT molecular complexity index is 543. The van der Waals surface area contributed by atoms with E-state index in [0.717, 1.165) is 23.6 Å². The van der Waals surface area contributed by atoms with E-state index in [1.807, 2.05) is 18.2 Å². The van der Waals surface area contributed by atoms with Crippen molar-refractivity contribution in [2.24, 2.45) is 0 Å². The van der Waals surface area contributed by atoms with E-state index in [1.165, 1.54) is 5.56 Å². The Balaban J connectivity index is 1.84. The highest BCUT2D eigenvalue weighted by atomic mass is 79.9. The van der Waals surface area contributed by atoms with E-state index >= 15 is 0 Å². The van der Waals surface area contributed by atoms with Gasteiger partial charge in [0.25, 0.3) is 0 Å². The van der Waals surface area contributed by atoms with Crippen LogP contribution in [0.1, 0.15) is 22.3 Å². The molecule has 1 heterocycles. The molecular formula is C15H14BrNO2. The van der Waals surface area contributed by atoms with Gasteiger partial charge >= 0.3 is 0 Å². The van der Waals surface area contributed by atoms with Crippen LogP contribution >= 0.6 is 15.9 Å². The highest BCUT2D eigenvalue weighted by molar-refractivity contribution is 9.10. The molecule has 0 aliphatic rings. The molecule has 0 aliphatic heterocycles. The Kier molecular flexibility index (Phi) is 5.10. The smallest absolute Gasteiger partial charge is 0.153 e. The number of halogens is 1. The lowest BCUT2D eigenvalue weighted by Crippen LogP contribution is -2.01. The van der Waals surface area contributed by atoms with Gasteiger partial charge in [0, 0.05) is 16.9 Å². The summed E-state index contributed by atoms with van der Waals surface area (Å²) in [6, 6.07) is 9.42. The van der Waals surface area contributed by atoms with Gasteiger partial charge in [-0.2, -0.15) is 0 Å². The third-order valence-electron chi connectivity index (χ3n) is 2.72. The van der Waals surface area contributed by atoms with Crippen LogP contribution in [0.5, 0.6) is 5.75 Å². The molecular weight excluding hydrogens is 306 g/mol. The fourth-order valence-electron chi connectivity index (χ4n) is 1.75. The van der Waals surface area contributed by atoms with Crippen LogP contribution in [-0.4, -0.2) is 17.9 Å². The van der Waals surface area contributed by atoms with Crippen LogP contribution in [0.3, 0.4) is 0 Å². The Hall–Kier alpha value is -1.68. The van der Waals surface area contributed by atoms with E-state index in [0.29, 0.717) is 17.9 Å². The first-order chi connectivity index (χ1) is 9.29. The summed E-state index contributed by atoms with van der Waals surface area (Å²) >= 11 is 3.33. The van der Waals surface area contributed by atoms with E-state index in [2.05, 4.69) is 20.9 Å². The minimum absolute atomic E-state index is 0.568. The van der Waals surface area contributed by atoms with Crippen molar-refractivity contribution < 1.29 is 9.53 Å². The molecule has 3 nitrogen and oxygen atoms in total. The van der Waals surface area contributed by atoms with E-state index in [-0.39, 0.29) is 0 Å². The number of carbonyl (C=O) groups is 1. The molecule has 1 aromatic heterocycles. The van der Waals surface area contributed by atoms with Gasteiger partial charge in [0.15, 0.2) is 6.29 Å². The second kappa shape index (κ2) is 7.04. The van der Waals surface area contributed by atoms with Gasteiger partial charge < -0.3 is 4.74 Å². The molecule has 0 spiro atoms. The summed E-state index contributed by atoms with van der Waals surface area (Å²) in [6.45, 7) is 0.588. The average molecular weight is 320 g/mol. The van der Waals surface area contributed by atoms with E-state index in [4.69, 9.17) is 4.74 Å². The van der Waals surface area contributed by atoms with Crippen LogP contribution in [0.2, 0.25) is 0 Å². The fraction of sp³-hybridized carbons (Fsp3) is 0.200. The van der Waals surface area contributed by atoms with E-state index in [1.54, 1.807) is 24.5 Å². The zero-order chi connectivity index (χ0) is 13.5. The monoisotopic (exact) mass is 319 g/mol. The molecule has 4 heteroatoms. The first-order valence-corrected chi connectivity index (χ1v) is 6.85. The SMILES string of the molecule is O=Cc1cc(Br)ccc1OCCCc1ccncc1. The number of pyridine rings is 1. The van der Waals surface area contributed by atoms with Crippen molar-refractivity contribution in [1.29, 1.82) is 0 Å². The first kappa shape index (κ1) is 13.7. The van der Waals surface area contributed by atoms with Gasteiger partial charge in [0.1, 0.15) is 5.75 Å². The number of nitrogens with zero attached hydrogens (tertiary/aromatic N) is 1. The minimum atomic E-state index is 0.568. The van der Waals surface area contributed by atoms with Gasteiger partial charge in [0.05, 0.1) is 12.2 Å². The van der Waals surface area contributed by atoms with Crippen LogP contribution in [0.4, 0.5) is 0 Å². The lowest BCUT2D eigenvalue weighted by Gasteiger charge is -2.08. The molecule has 0 bridgehead atoms. The molecule has 0 saturated carbocycles. The summed E-state index contributed by atoms with van der Waals surface area (Å²) in [6.07, 6.45) is 6.22. The van der Waals surface area contributed by atoms with Gasteiger partial charge in [0.2, 0.25) is 0 Å². The van der Waals surface area contributed by atoms with Gasteiger partial charge in [-0.15, -0.1) is 0 Å². The molecule has 0 unspecified atom stereocenters. The Morgan fingerprint density at radius 2 is 2.00 bits per heavy atom.